The molecule has 1 aromatic heterocycles. The highest BCUT2D eigenvalue weighted by Crippen LogP contribution is 2.26. The molecule has 3 aromatic carbocycles. The first kappa shape index (κ1) is 27.9. The molecule has 0 spiro atoms. The Kier molecular flexibility index (Phi) is 9.35. The van der Waals surface area contributed by atoms with Gasteiger partial charge in [0.15, 0.2) is 0 Å². The molecule has 0 saturated carbocycles. The van der Waals surface area contributed by atoms with E-state index in [0.29, 0.717) is 11.3 Å². The molecule has 1 heterocycles. The van der Waals surface area contributed by atoms with Gasteiger partial charge in [0.2, 0.25) is 5.91 Å². The van der Waals surface area contributed by atoms with Crippen LogP contribution in [0.2, 0.25) is 0 Å². The van der Waals surface area contributed by atoms with E-state index in [1.165, 1.54) is 28.7 Å². The number of carbonyl (C=O) groups is 3. The van der Waals surface area contributed by atoms with Gasteiger partial charge in [0, 0.05) is 21.8 Å². The number of hydrogen-bond donors (Lipinski definition) is 3. The number of benzene rings is 3. The van der Waals surface area contributed by atoms with E-state index in [2.05, 4.69) is 16.0 Å². The second kappa shape index (κ2) is 13.1. The maximum Gasteiger partial charge on any atom is 0.272 e. The molecule has 0 aliphatic rings. The third kappa shape index (κ3) is 7.92. The van der Waals surface area contributed by atoms with Crippen LogP contribution in [0.5, 0.6) is 0 Å². The van der Waals surface area contributed by atoms with Crippen molar-refractivity contribution in [3.05, 3.63) is 118 Å². The lowest BCUT2D eigenvalue weighted by Crippen LogP contribution is -2.30. The average molecular weight is 556 g/mol. The van der Waals surface area contributed by atoms with Crippen molar-refractivity contribution in [3.8, 4) is 0 Å². The lowest BCUT2D eigenvalue weighted by Gasteiger charge is -2.14. The fourth-order valence-corrected chi connectivity index (χ4v) is 5.09. The fourth-order valence-electron chi connectivity index (χ4n) is 3.60. The summed E-state index contributed by atoms with van der Waals surface area (Å²) in [6.45, 7) is 5.91. The van der Waals surface area contributed by atoms with Crippen LogP contribution in [0.1, 0.15) is 34.0 Å². The van der Waals surface area contributed by atoms with Gasteiger partial charge in [-0.15, -0.1) is 11.8 Å². The third-order valence-corrected chi connectivity index (χ3v) is 7.77. The van der Waals surface area contributed by atoms with Crippen LogP contribution in [-0.2, 0) is 9.59 Å². The quantitative estimate of drug-likeness (QED) is 0.155. The van der Waals surface area contributed by atoms with Gasteiger partial charge in [-0.3, -0.25) is 14.4 Å². The summed E-state index contributed by atoms with van der Waals surface area (Å²) in [5, 5.41) is 12.0. The normalized spacial score (nSPS) is 11.9. The topological polar surface area (TPSA) is 87.3 Å². The first-order chi connectivity index (χ1) is 18.8. The van der Waals surface area contributed by atoms with E-state index in [9.17, 15) is 14.4 Å². The van der Waals surface area contributed by atoms with Crippen LogP contribution >= 0.6 is 23.1 Å². The van der Waals surface area contributed by atoms with Gasteiger partial charge >= 0.3 is 0 Å². The fraction of sp³-hybridized carbons (Fsp3) is 0.129. The first-order valence-corrected chi connectivity index (χ1v) is 14.2. The van der Waals surface area contributed by atoms with Crippen molar-refractivity contribution in [2.45, 2.75) is 30.9 Å². The zero-order valence-corrected chi connectivity index (χ0v) is 23.5. The summed E-state index contributed by atoms with van der Waals surface area (Å²) < 4.78 is 0. The largest absolute Gasteiger partial charge is 0.325 e. The Morgan fingerprint density at radius 1 is 0.846 bits per heavy atom. The average Bonchev–Trinajstić information content (AvgIpc) is 3.45. The summed E-state index contributed by atoms with van der Waals surface area (Å²) in [4.78, 5) is 39.4. The van der Waals surface area contributed by atoms with E-state index < -0.39 is 5.91 Å². The molecule has 0 aliphatic heterocycles. The van der Waals surface area contributed by atoms with E-state index in [0.717, 1.165) is 21.7 Å². The number of thiophene rings is 1. The summed E-state index contributed by atoms with van der Waals surface area (Å²) in [6.07, 6.45) is 1.65. The Hall–Kier alpha value is -4.14. The molecule has 39 heavy (non-hydrogen) atoms. The lowest BCUT2D eigenvalue weighted by atomic mass is 10.1. The molecule has 3 amide bonds. The zero-order valence-electron chi connectivity index (χ0n) is 21.9. The third-order valence-electron chi connectivity index (χ3n) is 5.95. The molecule has 198 valence electrons. The molecule has 1 atom stereocenters. The second-order valence-corrected chi connectivity index (χ2v) is 11.2. The van der Waals surface area contributed by atoms with E-state index in [1.807, 2.05) is 74.0 Å². The van der Waals surface area contributed by atoms with Crippen LogP contribution in [0.4, 0.5) is 11.4 Å². The SMILES string of the molecule is Cc1ccc(NC(=O)C(C)Sc2ccc(NC(=O)/C(=C/c3ccsc3)NC(=O)c3ccccc3)cc2)cc1C. The number of rotatable bonds is 9. The van der Waals surface area contributed by atoms with E-state index in [4.69, 9.17) is 0 Å². The molecule has 3 N–H and O–H groups in total. The Labute approximate surface area is 236 Å². The molecule has 0 bridgehead atoms. The minimum atomic E-state index is -0.438. The molecule has 1 unspecified atom stereocenters. The van der Waals surface area contributed by atoms with E-state index in [-0.39, 0.29) is 22.8 Å². The summed E-state index contributed by atoms with van der Waals surface area (Å²) in [5.41, 5.74) is 5.06. The van der Waals surface area contributed by atoms with E-state index >= 15 is 0 Å². The second-order valence-electron chi connectivity index (χ2n) is 8.96. The number of hydrogen-bond acceptors (Lipinski definition) is 5. The van der Waals surface area contributed by atoms with Crippen molar-refractivity contribution in [2.75, 3.05) is 10.6 Å². The maximum absolute atomic E-state index is 13.1. The highest BCUT2D eigenvalue weighted by molar-refractivity contribution is 8.00. The van der Waals surface area contributed by atoms with Gasteiger partial charge in [0.05, 0.1) is 5.25 Å². The highest BCUT2D eigenvalue weighted by atomic mass is 32.2. The minimum absolute atomic E-state index is 0.0852. The van der Waals surface area contributed by atoms with Gasteiger partial charge in [-0.2, -0.15) is 11.3 Å². The molecule has 4 rings (SSSR count). The summed E-state index contributed by atoms with van der Waals surface area (Å²) in [7, 11) is 0. The predicted molar refractivity (Wildman–Crippen MR) is 161 cm³/mol. The molecule has 4 aromatic rings. The number of thioether (sulfide) groups is 1. The summed E-state index contributed by atoms with van der Waals surface area (Å²) in [6, 6.07) is 23.7. The van der Waals surface area contributed by atoms with Crippen LogP contribution in [0.25, 0.3) is 6.08 Å². The van der Waals surface area contributed by atoms with Crippen LogP contribution in [0.15, 0.2) is 100 Å². The molecule has 0 fully saturated rings. The molecule has 0 aliphatic carbocycles. The van der Waals surface area contributed by atoms with Crippen molar-refractivity contribution in [1.82, 2.24) is 5.32 Å². The molecule has 8 heteroatoms. The van der Waals surface area contributed by atoms with Gasteiger partial charge in [-0.25, -0.2) is 0 Å². The van der Waals surface area contributed by atoms with Gasteiger partial charge < -0.3 is 16.0 Å². The smallest absolute Gasteiger partial charge is 0.272 e. The van der Waals surface area contributed by atoms with Gasteiger partial charge in [0.1, 0.15) is 5.70 Å². The predicted octanol–water partition coefficient (Wildman–Crippen LogP) is 6.89. The standard InChI is InChI=1S/C31H29N3O3S2/c1-20-9-10-26(17-21(20)2)33-29(35)22(3)39-27-13-11-25(12-14-27)32-31(37)28(18-23-15-16-38-19-23)34-30(36)24-7-5-4-6-8-24/h4-19,22H,1-3H3,(H,32,37)(H,33,35)(H,34,36)/b28-18-. The monoisotopic (exact) mass is 555 g/mol. The van der Waals surface area contributed by atoms with Gasteiger partial charge in [0.25, 0.3) is 11.8 Å². The van der Waals surface area contributed by atoms with Gasteiger partial charge in [-0.05, 0) is 109 Å². The van der Waals surface area contributed by atoms with Crippen molar-refractivity contribution in [2.24, 2.45) is 0 Å². The van der Waals surface area contributed by atoms with Crippen LogP contribution < -0.4 is 16.0 Å². The Morgan fingerprint density at radius 2 is 1.56 bits per heavy atom. The number of anilines is 2. The van der Waals surface area contributed by atoms with Crippen molar-refractivity contribution in [1.29, 1.82) is 0 Å². The first-order valence-electron chi connectivity index (χ1n) is 12.3. The van der Waals surface area contributed by atoms with E-state index in [1.54, 1.807) is 42.5 Å². The Morgan fingerprint density at radius 3 is 2.23 bits per heavy atom. The van der Waals surface area contributed by atoms with Gasteiger partial charge in [-0.1, -0.05) is 24.3 Å². The maximum atomic E-state index is 13.1. The number of carbonyl (C=O) groups excluding carboxylic acids is 3. The molecular weight excluding hydrogens is 526 g/mol. The number of amides is 3. The Balaban J connectivity index is 1.39. The molecular formula is C31H29N3O3S2. The highest BCUT2D eigenvalue weighted by Gasteiger charge is 2.17. The molecule has 0 radical (unpaired) electrons. The van der Waals surface area contributed by atoms with Crippen LogP contribution in [0.3, 0.4) is 0 Å². The van der Waals surface area contributed by atoms with Crippen LogP contribution in [-0.4, -0.2) is 23.0 Å². The number of nitrogens with one attached hydrogen (secondary N) is 3. The summed E-state index contributed by atoms with van der Waals surface area (Å²) in [5.74, 6) is -0.892. The molecule has 0 saturated heterocycles. The zero-order chi connectivity index (χ0) is 27.8. The minimum Gasteiger partial charge on any atom is -0.325 e. The Bertz CT molecular complexity index is 1480. The molecule has 6 nitrogen and oxygen atoms in total. The van der Waals surface area contributed by atoms with Crippen molar-refractivity contribution in [3.63, 3.8) is 0 Å². The lowest BCUT2D eigenvalue weighted by molar-refractivity contribution is -0.115. The van der Waals surface area contributed by atoms with Crippen LogP contribution in [0, 0.1) is 13.8 Å². The van der Waals surface area contributed by atoms with Crippen molar-refractivity contribution < 1.29 is 14.4 Å². The number of aryl methyl sites for hydroxylation is 2. The van der Waals surface area contributed by atoms with Crippen molar-refractivity contribution >= 4 is 58.3 Å². The summed E-state index contributed by atoms with van der Waals surface area (Å²) >= 11 is 2.93.